The van der Waals surface area contributed by atoms with Gasteiger partial charge in [-0.25, -0.2) is 0 Å². The fraction of sp³-hybridized carbons (Fsp3) is 0.533. The first-order valence-corrected chi connectivity index (χ1v) is 7.38. The average molecular weight is 369 g/mol. The van der Waals surface area contributed by atoms with Gasteiger partial charge in [-0.3, -0.25) is 9.69 Å². The molecule has 1 aliphatic rings. The molecule has 1 unspecified atom stereocenters. The van der Waals surface area contributed by atoms with Crippen LogP contribution in [0, 0.1) is 0 Å². The van der Waals surface area contributed by atoms with Crippen molar-refractivity contribution in [3.8, 4) is 0 Å². The van der Waals surface area contributed by atoms with Gasteiger partial charge in [-0.05, 0) is 51.2 Å². The predicted molar refractivity (Wildman–Crippen MR) is 96.4 cm³/mol. The van der Waals surface area contributed by atoms with Crippen molar-refractivity contribution in [2.75, 3.05) is 27.2 Å². The maximum absolute atomic E-state index is 12.5. The highest BCUT2D eigenvalue weighted by Crippen LogP contribution is 2.22. The first-order chi connectivity index (χ1) is 9.58. The van der Waals surface area contributed by atoms with Gasteiger partial charge in [0.2, 0.25) is 5.91 Å². The van der Waals surface area contributed by atoms with Gasteiger partial charge in [-0.1, -0.05) is 23.7 Å². The van der Waals surface area contributed by atoms with Gasteiger partial charge in [0.1, 0.15) is 6.04 Å². The van der Waals surface area contributed by atoms with Crippen molar-refractivity contribution >= 4 is 42.3 Å². The zero-order chi connectivity index (χ0) is 14.5. The number of carbonyl (C=O) groups excluding carboxylic acids is 1. The monoisotopic (exact) mass is 367 g/mol. The normalized spacial score (nSPS) is 18.8. The average Bonchev–Trinajstić information content (AvgIpc) is 2.39. The largest absolute Gasteiger partial charge is 0.350 e. The van der Waals surface area contributed by atoms with Crippen LogP contribution in [0.2, 0.25) is 5.02 Å². The Hall–Kier alpha value is -0.520. The molecule has 1 amide bonds. The summed E-state index contributed by atoms with van der Waals surface area (Å²) in [6.07, 6.45) is 2.14. The number of amides is 1. The van der Waals surface area contributed by atoms with E-state index in [-0.39, 0.29) is 42.8 Å². The smallest absolute Gasteiger partial charge is 0.242 e. The summed E-state index contributed by atoms with van der Waals surface area (Å²) in [4.78, 5) is 14.5. The summed E-state index contributed by atoms with van der Waals surface area (Å²) in [6, 6.07) is 7.40. The lowest BCUT2D eigenvalue weighted by Crippen LogP contribution is -2.48. The van der Waals surface area contributed by atoms with E-state index in [4.69, 9.17) is 11.6 Å². The molecule has 0 saturated carbocycles. The van der Waals surface area contributed by atoms with Crippen LogP contribution in [0.1, 0.15) is 24.4 Å². The SMILES string of the molecule is CN(C)C(C(=O)N[C@H]1CCCNC1)c1cccc(Cl)c1.Cl.Cl. The van der Waals surface area contributed by atoms with Crippen LogP contribution in [-0.4, -0.2) is 44.0 Å². The number of piperidine rings is 1. The van der Waals surface area contributed by atoms with Crippen molar-refractivity contribution < 1.29 is 4.79 Å². The lowest BCUT2D eigenvalue weighted by molar-refractivity contribution is -0.126. The van der Waals surface area contributed by atoms with Gasteiger partial charge in [0.05, 0.1) is 0 Å². The lowest BCUT2D eigenvalue weighted by atomic mass is 10.0. The quantitative estimate of drug-likeness (QED) is 0.859. The van der Waals surface area contributed by atoms with Gasteiger partial charge < -0.3 is 10.6 Å². The number of nitrogens with one attached hydrogen (secondary N) is 2. The van der Waals surface area contributed by atoms with E-state index in [9.17, 15) is 4.79 Å². The Bertz CT molecular complexity index is 465. The second kappa shape index (κ2) is 10.3. The molecule has 2 atom stereocenters. The van der Waals surface area contributed by atoms with Crippen molar-refractivity contribution in [3.63, 3.8) is 0 Å². The summed E-state index contributed by atoms with van der Waals surface area (Å²) < 4.78 is 0. The topological polar surface area (TPSA) is 44.4 Å². The molecular weight excluding hydrogens is 345 g/mol. The predicted octanol–water partition coefficient (Wildman–Crippen LogP) is 2.65. The third kappa shape index (κ3) is 5.94. The number of halogens is 3. The van der Waals surface area contributed by atoms with Crippen LogP contribution < -0.4 is 10.6 Å². The molecule has 2 rings (SSSR count). The van der Waals surface area contributed by atoms with Gasteiger partial charge in [0, 0.05) is 17.6 Å². The molecule has 4 nitrogen and oxygen atoms in total. The van der Waals surface area contributed by atoms with Crippen LogP contribution in [0.15, 0.2) is 24.3 Å². The van der Waals surface area contributed by atoms with Gasteiger partial charge in [0.15, 0.2) is 0 Å². The Kier molecular flexibility index (Phi) is 10.0. The molecule has 0 bridgehead atoms. The highest BCUT2D eigenvalue weighted by molar-refractivity contribution is 6.30. The van der Waals surface area contributed by atoms with Gasteiger partial charge >= 0.3 is 0 Å². The van der Waals surface area contributed by atoms with E-state index in [1.807, 2.05) is 43.3 Å². The lowest BCUT2D eigenvalue weighted by Gasteiger charge is -2.29. The van der Waals surface area contributed by atoms with Crippen molar-refractivity contribution in [1.82, 2.24) is 15.5 Å². The molecule has 7 heteroatoms. The fourth-order valence-corrected chi connectivity index (χ4v) is 2.81. The van der Waals surface area contributed by atoms with Crippen LogP contribution in [0.4, 0.5) is 0 Å². The van der Waals surface area contributed by atoms with Crippen LogP contribution >= 0.6 is 36.4 Å². The maximum atomic E-state index is 12.5. The molecule has 1 fully saturated rings. The molecular formula is C15H24Cl3N3O. The van der Waals surface area contributed by atoms with E-state index in [0.29, 0.717) is 5.02 Å². The molecule has 1 aromatic rings. The molecule has 0 aliphatic carbocycles. The van der Waals surface area contributed by atoms with E-state index >= 15 is 0 Å². The number of hydrogen-bond donors (Lipinski definition) is 2. The summed E-state index contributed by atoms with van der Waals surface area (Å²) in [7, 11) is 3.81. The Morgan fingerprint density at radius 3 is 2.68 bits per heavy atom. The van der Waals surface area contributed by atoms with Crippen molar-refractivity contribution in [1.29, 1.82) is 0 Å². The first kappa shape index (κ1) is 21.5. The molecule has 1 aromatic carbocycles. The fourth-order valence-electron chi connectivity index (χ4n) is 2.62. The standard InChI is InChI=1S/C15H22ClN3O.2ClH/c1-19(2)14(11-5-3-6-12(16)9-11)15(20)18-13-7-4-8-17-10-13;;/h3,5-6,9,13-14,17H,4,7-8,10H2,1-2H3,(H,18,20);2*1H/t13-,14?;;/m0../s1. The van der Waals surface area contributed by atoms with Crippen molar-refractivity contribution in [3.05, 3.63) is 34.9 Å². The Morgan fingerprint density at radius 2 is 2.14 bits per heavy atom. The van der Waals surface area contributed by atoms with E-state index < -0.39 is 0 Å². The molecule has 2 N–H and O–H groups in total. The Morgan fingerprint density at radius 1 is 1.41 bits per heavy atom. The highest BCUT2D eigenvalue weighted by Gasteiger charge is 2.25. The van der Waals surface area contributed by atoms with E-state index in [1.54, 1.807) is 0 Å². The Labute approximate surface area is 149 Å². The van der Waals surface area contributed by atoms with Crippen LogP contribution in [-0.2, 0) is 4.79 Å². The minimum Gasteiger partial charge on any atom is -0.350 e. The number of benzene rings is 1. The van der Waals surface area contributed by atoms with Gasteiger partial charge in [-0.2, -0.15) is 0 Å². The van der Waals surface area contributed by atoms with Crippen LogP contribution in [0.25, 0.3) is 0 Å². The summed E-state index contributed by atoms with van der Waals surface area (Å²) in [5, 5.41) is 7.09. The second-order valence-corrected chi connectivity index (χ2v) is 5.91. The Balaban J connectivity index is 0.00000220. The number of hydrogen-bond acceptors (Lipinski definition) is 3. The summed E-state index contributed by atoms with van der Waals surface area (Å²) in [5.41, 5.74) is 0.920. The molecule has 1 saturated heterocycles. The van der Waals surface area contributed by atoms with Gasteiger partial charge in [0.25, 0.3) is 0 Å². The summed E-state index contributed by atoms with van der Waals surface area (Å²) >= 11 is 6.03. The van der Waals surface area contributed by atoms with Crippen LogP contribution in [0.3, 0.4) is 0 Å². The van der Waals surface area contributed by atoms with Crippen LogP contribution in [0.5, 0.6) is 0 Å². The minimum absolute atomic E-state index is 0. The van der Waals surface area contributed by atoms with E-state index in [2.05, 4.69) is 10.6 Å². The number of likely N-dealkylation sites (N-methyl/N-ethyl adjacent to an activating group) is 1. The molecule has 0 spiro atoms. The number of nitrogens with zero attached hydrogens (tertiary/aromatic N) is 1. The highest BCUT2D eigenvalue weighted by atomic mass is 35.5. The minimum atomic E-state index is -0.310. The molecule has 0 aromatic heterocycles. The van der Waals surface area contributed by atoms with E-state index in [1.165, 1.54) is 0 Å². The molecule has 0 radical (unpaired) electrons. The van der Waals surface area contributed by atoms with Gasteiger partial charge in [-0.15, -0.1) is 24.8 Å². The summed E-state index contributed by atoms with van der Waals surface area (Å²) in [6.45, 7) is 1.89. The molecule has 1 heterocycles. The molecule has 126 valence electrons. The number of rotatable bonds is 4. The van der Waals surface area contributed by atoms with E-state index in [0.717, 1.165) is 31.5 Å². The molecule has 1 aliphatic heterocycles. The summed E-state index contributed by atoms with van der Waals surface area (Å²) in [5.74, 6) is 0.0333. The number of carbonyl (C=O) groups is 1. The second-order valence-electron chi connectivity index (χ2n) is 5.47. The van der Waals surface area contributed by atoms with Crippen molar-refractivity contribution in [2.45, 2.75) is 24.9 Å². The third-order valence-corrected chi connectivity index (χ3v) is 3.81. The zero-order valence-electron chi connectivity index (χ0n) is 12.8. The molecule has 22 heavy (non-hydrogen) atoms. The zero-order valence-corrected chi connectivity index (χ0v) is 15.2. The third-order valence-electron chi connectivity index (χ3n) is 3.57. The maximum Gasteiger partial charge on any atom is 0.242 e. The first-order valence-electron chi connectivity index (χ1n) is 7.01. The van der Waals surface area contributed by atoms with Crippen molar-refractivity contribution in [2.24, 2.45) is 0 Å².